The number of aromatic nitrogens is 1. The first kappa shape index (κ1) is 25.7. The van der Waals surface area contributed by atoms with E-state index >= 15 is 0 Å². The van der Waals surface area contributed by atoms with Crippen LogP contribution >= 0.6 is 0 Å². The second kappa shape index (κ2) is 11.6. The van der Waals surface area contributed by atoms with Crippen molar-refractivity contribution in [1.82, 2.24) is 10.3 Å². The molecule has 1 aliphatic carbocycles. The Morgan fingerprint density at radius 3 is 2.14 bits per heavy atom. The maximum absolute atomic E-state index is 13.2. The first-order valence-corrected chi connectivity index (χ1v) is 13.3. The third-order valence-corrected chi connectivity index (χ3v) is 7.33. The van der Waals surface area contributed by atoms with Gasteiger partial charge in [0, 0.05) is 35.9 Å². The average Bonchev–Trinajstić information content (AvgIpc) is 2.89. The topological polar surface area (TPSA) is 66.1 Å². The zero-order valence-electron chi connectivity index (χ0n) is 22.1. The second-order valence-corrected chi connectivity index (χ2v) is 10.7. The highest BCUT2D eigenvalue weighted by Gasteiger charge is 2.33. The lowest BCUT2D eigenvalue weighted by molar-refractivity contribution is 0.244. The van der Waals surface area contributed by atoms with Crippen molar-refractivity contribution in [3.8, 4) is 11.1 Å². The molecular formula is C31H40N4O. The fourth-order valence-corrected chi connectivity index (χ4v) is 5.34. The van der Waals surface area contributed by atoms with Crippen molar-refractivity contribution in [1.29, 1.82) is 0 Å². The van der Waals surface area contributed by atoms with Gasteiger partial charge in [0.15, 0.2) is 0 Å². The third-order valence-electron chi connectivity index (χ3n) is 7.33. The largest absolute Gasteiger partial charge is 0.377 e. The van der Waals surface area contributed by atoms with Crippen LogP contribution in [0.1, 0.15) is 82.8 Å². The molecule has 190 valence electrons. The van der Waals surface area contributed by atoms with Gasteiger partial charge in [-0.05, 0) is 59.6 Å². The summed E-state index contributed by atoms with van der Waals surface area (Å²) in [5.41, 5.74) is 6.50. The molecule has 1 heterocycles. The molecule has 2 amide bonds. The average molecular weight is 485 g/mol. The first-order valence-electron chi connectivity index (χ1n) is 13.3. The molecule has 3 N–H and O–H groups in total. The van der Waals surface area contributed by atoms with Gasteiger partial charge in [0.1, 0.15) is 0 Å². The number of rotatable bonds is 8. The summed E-state index contributed by atoms with van der Waals surface area (Å²) in [6.45, 7) is 9.26. The lowest BCUT2D eigenvalue weighted by Crippen LogP contribution is -2.51. The smallest absolute Gasteiger partial charge is 0.319 e. The van der Waals surface area contributed by atoms with Crippen molar-refractivity contribution >= 4 is 17.4 Å². The van der Waals surface area contributed by atoms with Gasteiger partial charge < -0.3 is 16.0 Å². The zero-order valence-corrected chi connectivity index (χ0v) is 22.1. The Balaban J connectivity index is 1.53. The molecule has 1 aliphatic rings. The minimum Gasteiger partial charge on any atom is -0.377 e. The summed E-state index contributed by atoms with van der Waals surface area (Å²) >= 11 is 0. The van der Waals surface area contributed by atoms with E-state index in [0.29, 0.717) is 18.4 Å². The number of carbonyl (C=O) groups is 1. The van der Waals surface area contributed by atoms with E-state index in [-0.39, 0.29) is 11.6 Å². The summed E-state index contributed by atoms with van der Waals surface area (Å²) in [7, 11) is 0. The quantitative estimate of drug-likeness (QED) is 0.304. The van der Waals surface area contributed by atoms with Crippen LogP contribution in [0, 0.1) is 0 Å². The molecule has 0 aliphatic heterocycles. The number of nitrogens with one attached hydrogen (secondary N) is 3. The number of urea groups is 1. The fraction of sp³-hybridized carbons (Fsp3) is 0.419. The molecule has 2 aromatic carbocycles. The molecule has 5 nitrogen and oxygen atoms in total. The van der Waals surface area contributed by atoms with Crippen LogP contribution in [0.2, 0.25) is 0 Å². The Morgan fingerprint density at radius 1 is 0.861 bits per heavy atom. The van der Waals surface area contributed by atoms with E-state index in [1.54, 1.807) is 0 Å². The van der Waals surface area contributed by atoms with Crippen molar-refractivity contribution in [3.63, 3.8) is 0 Å². The summed E-state index contributed by atoms with van der Waals surface area (Å²) in [5.74, 6) is 0.657. The van der Waals surface area contributed by atoms with Gasteiger partial charge in [-0.1, -0.05) is 83.4 Å². The van der Waals surface area contributed by atoms with Crippen LogP contribution in [0.3, 0.4) is 0 Å². The third kappa shape index (κ3) is 6.07. The Hall–Kier alpha value is -3.34. The monoisotopic (exact) mass is 484 g/mol. The maximum atomic E-state index is 13.2. The van der Waals surface area contributed by atoms with E-state index < -0.39 is 0 Å². The van der Waals surface area contributed by atoms with Gasteiger partial charge in [0.05, 0.1) is 5.54 Å². The van der Waals surface area contributed by atoms with Gasteiger partial charge in [-0.15, -0.1) is 0 Å². The van der Waals surface area contributed by atoms with Crippen molar-refractivity contribution in [2.24, 2.45) is 0 Å². The van der Waals surface area contributed by atoms with Crippen LogP contribution in [-0.4, -0.2) is 23.1 Å². The molecule has 0 bridgehead atoms. The molecular weight excluding hydrogens is 444 g/mol. The zero-order chi connectivity index (χ0) is 25.5. The van der Waals surface area contributed by atoms with E-state index in [1.165, 1.54) is 17.5 Å². The predicted octanol–water partition coefficient (Wildman–Crippen LogP) is 7.93. The van der Waals surface area contributed by atoms with E-state index in [9.17, 15) is 4.79 Å². The number of hydrogen-bond acceptors (Lipinski definition) is 3. The number of para-hydroxylation sites is 2. The van der Waals surface area contributed by atoms with E-state index in [0.717, 1.165) is 48.2 Å². The molecule has 1 aromatic heterocycles. The van der Waals surface area contributed by atoms with Crippen LogP contribution in [-0.2, 0) is 0 Å². The van der Waals surface area contributed by atoms with E-state index in [4.69, 9.17) is 0 Å². The number of anilines is 2. The highest BCUT2D eigenvalue weighted by Crippen LogP contribution is 2.36. The lowest BCUT2D eigenvalue weighted by Gasteiger charge is -2.40. The molecule has 3 aromatic rings. The second-order valence-electron chi connectivity index (χ2n) is 10.7. The van der Waals surface area contributed by atoms with Gasteiger partial charge in [0.2, 0.25) is 0 Å². The molecule has 1 fully saturated rings. The van der Waals surface area contributed by atoms with Crippen molar-refractivity contribution in [3.05, 3.63) is 78.1 Å². The molecule has 1 saturated carbocycles. The standard InChI is InChI=1S/C31H40N4O/c1-22(2)25-12-10-13-26(23(3)4)29(25)34-30(36)33-21-31(17-8-5-9-18-31)35-28-14-7-6-11-27(28)24-15-19-32-20-16-24/h6-7,10-16,19-20,22-23,35H,5,8-9,17-18,21H2,1-4H3,(H2,33,34,36). The minimum absolute atomic E-state index is 0.140. The maximum Gasteiger partial charge on any atom is 0.319 e. The van der Waals surface area contributed by atoms with E-state index in [1.807, 2.05) is 24.5 Å². The number of pyridine rings is 1. The van der Waals surface area contributed by atoms with Crippen LogP contribution in [0.25, 0.3) is 11.1 Å². The van der Waals surface area contributed by atoms with Crippen LogP contribution in [0.5, 0.6) is 0 Å². The summed E-state index contributed by atoms with van der Waals surface area (Å²) in [6, 6.07) is 18.7. The minimum atomic E-state index is -0.183. The molecule has 0 spiro atoms. The Bertz CT molecular complexity index is 1120. The van der Waals surface area contributed by atoms with Crippen LogP contribution in [0.4, 0.5) is 16.2 Å². The van der Waals surface area contributed by atoms with Crippen LogP contribution in [0.15, 0.2) is 67.0 Å². The lowest BCUT2D eigenvalue weighted by atomic mass is 9.81. The number of nitrogens with zero attached hydrogens (tertiary/aromatic N) is 1. The SMILES string of the molecule is CC(C)c1cccc(C(C)C)c1NC(=O)NCC1(Nc2ccccc2-c2ccncc2)CCCCC1. The van der Waals surface area contributed by atoms with E-state index in [2.05, 4.69) is 91.1 Å². The van der Waals surface area contributed by atoms with Crippen molar-refractivity contribution < 1.29 is 4.79 Å². The molecule has 4 rings (SSSR count). The summed E-state index contributed by atoms with van der Waals surface area (Å²) in [5, 5.41) is 10.3. The van der Waals surface area contributed by atoms with Gasteiger partial charge in [-0.3, -0.25) is 4.98 Å². The highest BCUT2D eigenvalue weighted by molar-refractivity contribution is 5.91. The fourth-order valence-electron chi connectivity index (χ4n) is 5.34. The molecule has 36 heavy (non-hydrogen) atoms. The molecule has 5 heteroatoms. The molecule has 0 radical (unpaired) electrons. The normalized spacial score (nSPS) is 15.1. The number of hydrogen-bond donors (Lipinski definition) is 3. The number of benzene rings is 2. The van der Waals surface area contributed by atoms with Crippen molar-refractivity contribution in [2.75, 3.05) is 17.2 Å². The van der Waals surface area contributed by atoms with Gasteiger partial charge in [-0.25, -0.2) is 4.79 Å². The number of carbonyl (C=O) groups excluding carboxylic acids is 1. The van der Waals surface area contributed by atoms with Gasteiger partial charge in [-0.2, -0.15) is 0 Å². The summed E-state index contributed by atoms with van der Waals surface area (Å²) in [4.78, 5) is 17.4. The number of amides is 2. The predicted molar refractivity (Wildman–Crippen MR) is 151 cm³/mol. The molecule has 0 atom stereocenters. The summed E-state index contributed by atoms with van der Waals surface area (Å²) in [6.07, 6.45) is 9.25. The first-order chi connectivity index (χ1) is 17.4. The highest BCUT2D eigenvalue weighted by atomic mass is 16.2. The summed E-state index contributed by atoms with van der Waals surface area (Å²) < 4.78 is 0. The Morgan fingerprint density at radius 2 is 1.50 bits per heavy atom. The Kier molecular flexibility index (Phi) is 8.29. The van der Waals surface area contributed by atoms with Crippen molar-refractivity contribution in [2.45, 2.75) is 77.2 Å². The molecule has 0 saturated heterocycles. The molecule has 0 unspecified atom stereocenters. The van der Waals surface area contributed by atoms with Crippen LogP contribution < -0.4 is 16.0 Å². The Labute approximate surface area is 216 Å². The van der Waals surface area contributed by atoms with Gasteiger partial charge >= 0.3 is 6.03 Å². The van der Waals surface area contributed by atoms with Gasteiger partial charge in [0.25, 0.3) is 0 Å².